The first-order valence-corrected chi connectivity index (χ1v) is 6.72. The number of aliphatic hydroxyl groups excluding tert-OH is 1. The van der Waals surface area contributed by atoms with Crippen LogP contribution in [0.15, 0.2) is 18.2 Å². The molecule has 0 radical (unpaired) electrons. The quantitative estimate of drug-likeness (QED) is 0.880. The van der Waals surface area contributed by atoms with E-state index in [-0.39, 0.29) is 6.10 Å². The topological polar surface area (TPSA) is 26.7 Å². The fraction of sp³-hybridized carbons (Fsp3) is 0.600. The van der Waals surface area contributed by atoms with Crippen LogP contribution in [0.4, 0.5) is 0 Å². The average molecular weight is 248 g/mol. The van der Waals surface area contributed by atoms with Crippen LogP contribution in [0.5, 0.6) is 0 Å². The predicted molar refractivity (Wildman–Crippen MR) is 74.8 cm³/mol. The lowest BCUT2D eigenvalue weighted by molar-refractivity contribution is 0.0802. The second kappa shape index (κ2) is 5.83. The Labute approximate surface area is 110 Å². The molecule has 1 aliphatic rings. The van der Waals surface area contributed by atoms with Crippen LogP contribution in [-0.4, -0.2) is 54.7 Å². The Kier molecular flexibility index (Phi) is 4.38. The molecule has 0 amide bonds. The summed E-state index contributed by atoms with van der Waals surface area (Å²) >= 11 is 0. The minimum Gasteiger partial charge on any atom is -0.387 e. The zero-order valence-corrected chi connectivity index (χ0v) is 11.7. The van der Waals surface area contributed by atoms with Gasteiger partial charge >= 0.3 is 0 Å². The number of aliphatic hydroxyl groups is 1. The van der Waals surface area contributed by atoms with Gasteiger partial charge in [0.15, 0.2) is 0 Å². The Morgan fingerprint density at radius 3 is 2.44 bits per heavy atom. The van der Waals surface area contributed by atoms with Gasteiger partial charge in [0.25, 0.3) is 0 Å². The third-order valence-corrected chi connectivity index (χ3v) is 3.81. The largest absolute Gasteiger partial charge is 0.387 e. The van der Waals surface area contributed by atoms with Crippen molar-refractivity contribution in [3.8, 4) is 0 Å². The number of benzene rings is 1. The summed E-state index contributed by atoms with van der Waals surface area (Å²) < 4.78 is 0. The zero-order chi connectivity index (χ0) is 13.1. The molecule has 1 heterocycles. The van der Waals surface area contributed by atoms with E-state index in [9.17, 15) is 5.11 Å². The molecule has 2 rings (SSSR count). The Balaban J connectivity index is 1.97. The van der Waals surface area contributed by atoms with Crippen molar-refractivity contribution in [1.29, 1.82) is 0 Å². The van der Waals surface area contributed by atoms with Crippen LogP contribution >= 0.6 is 0 Å². The Hall–Kier alpha value is -0.900. The molecule has 0 aromatic heterocycles. The first kappa shape index (κ1) is 13.5. The summed E-state index contributed by atoms with van der Waals surface area (Å²) in [5.41, 5.74) is 3.51. The van der Waals surface area contributed by atoms with Gasteiger partial charge in [-0.05, 0) is 32.0 Å². The second-order valence-corrected chi connectivity index (χ2v) is 5.48. The maximum atomic E-state index is 10.4. The van der Waals surface area contributed by atoms with E-state index in [4.69, 9.17) is 0 Å². The van der Waals surface area contributed by atoms with E-state index in [0.29, 0.717) is 0 Å². The van der Waals surface area contributed by atoms with Gasteiger partial charge in [0.2, 0.25) is 0 Å². The van der Waals surface area contributed by atoms with Crippen molar-refractivity contribution in [1.82, 2.24) is 9.80 Å². The van der Waals surface area contributed by atoms with E-state index in [1.165, 1.54) is 11.1 Å². The molecule has 0 saturated carbocycles. The lowest BCUT2D eigenvalue weighted by Crippen LogP contribution is -2.45. The van der Waals surface area contributed by atoms with Gasteiger partial charge in [-0.2, -0.15) is 0 Å². The minimum absolute atomic E-state index is 0.367. The number of likely N-dealkylation sites (N-methyl/N-ethyl adjacent to an activating group) is 1. The van der Waals surface area contributed by atoms with Crippen LogP contribution in [0.25, 0.3) is 0 Å². The number of aryl methyl sites for hydroxylation is 2. The third-order valence-electron chi connectivity index (χ3n) is 3.81. The van der Waals surface area contributed by atoms with Crippen LogP contribution < -0.4 is 0 Å². The monoisotopic (exact) mass is 248 g/mol. The average Bonchev–Trinajstić information content (AvgIpc) is 2.32. The highest BCUT2D eigenvalue weighted by atomic mass is 16.3. The standard InChI is InChI=1S/C15H24N2O/c1-12-4-5-14(13(2)10-12)15(18)11-17-8-6-16(3)7-9-17/h4-5,10,15,18H,6-9,11H2,1-3H3. The summed E-state index contributed by atoms with van der Waals surface area (Å²) in [6.45, 7) is 9.22. The molecule has 1 N–H and O–H groups in total. The van der Waals surface area contributed by atoms with E-state index < -0.39 is 0 Å². The number of β-amino-alcohol motifs (C(OH)–C–C–N with tert-alkyl or cyclic N) is 1. The lowest BCUT2D eigenvalue weighted by Gasteiger charge is -2.33. The van der Waals surface area contributed by atoms with Crippen molar-refractivity contribution >= 4 is 0 Å². The zero-order valence-electron chi connectivity index (χ0n) is 11.7. The van der Waals surface area contributed by atoms with Gasteiger partial charge in [-0.15, -0.1) is 0 Å². The number of hydrogen-bond acceptors (Lipinski definition) is 3. The highest BCUT2D eigenvalue weighted by Gasteiger charge is 2.18. The number of nitrogens with zero attached hydrogens (tertiary/aromatic N) is 2. The summed E-state index contributed by atoms with van der Waals surface area (Å²) in [7, 11) is 2.15. The van der Waals surface area contributed by atoms with Crippen molar-refractivity contribution in [3.63, 3.8) is 0 Å². The molecule has 1 saturated heterocycles. The van der Waals surface area contributed by atoms with Gasteiger partial charge in [0.1, 0.15) is 0 Å². The highest BCUT2D eigenvalue weighted by Crippen LogP contribution is 2.20. The highest BCUT2D eigenvalue weighted by molar-refractivity contribution is 5.32. The van der Waals surface area contributed by atoms with Crippen molar-refractivity contribution in [3.05, 3.63) is 34.9 Å². The van der Waals surface area contributed by atoms with Crippen molar-refractivity contribution < 1.29 is 5.11 Å². The van der Waals surface area contributed by atoms with Crippen LogP contribution in [0, 0.1) is 13.8 Å². The summed E-state index contributed by atoms with van der Waals surface area (Å²) in [4.78, 5) is 4.68. The number of piperazine rings is 1. The molecule has 18 heavy (non-hydrogen) atoms. The molecule has 0 aliphatic carbocycles. The minimum atomic E-state index is -0.367. The van der Waals surface area contributed by atoms with Gasteiger partial charge in [-0.3, -0.25) is 4.90 Å². The van der Waals surface area contributed by atoms with Gasteiger partial charge in [0.05, 0.1) is 6.10 Å². The first-order chi connectivity index (χ1) is 8.56. The maximum absolute atomic E-state index is 10.4. The van der Waals surface area contributed by atoms with Gasteiger partial charge in [-0.1, -0.05) is 23.8 Å². The first-order valence-electron chi connectivity index (χ1n) is 6.72. The van der Waals surface area contributed by atoms with Crippen molar-refractivity contribution in [2.24, 2.45) is 0 Å². The SMILES string of the molecule is Cc1ccc(C(O)CN2CCN(C)CC2)c(C)c1. The van der Waals surface area contributed by atoms with Crippen LogP contribution in [0.3, 0.4) is 0 Å². The fourth-order valence-electron chi connectivity index (χ4n) is 2.57. The lowest BCUT2D eigenvalue weighted by atomic mass is 10.0. The Bertz CT molecular complexity index is 397. The molecular weight excluding hydrogens is 224 g/mol. The Morgan fingerprint density at radius 1 is 1.17 bits per heavy atom. The van der Waals surface area contributed by atoms with Crippen molar-refractivity contribution in [2.75, 3.05) is 39.8 Å². The fourth-order valence-corrected chi connectivity index (χ4v) is 2.57. The molecule has 0 bridgehead atoms. The summed E-state index contributed by atoms with van der Waals surface area (Å²) in [6.07, 6.45) is -0.367. The molecular formula is C15H24N2O. The smallest absolute Gasteiger partial charge is 0.0919 e. The van der Waals surface area contributed by atoms with Crippen LogP contribution in [0.1, 0.15) is 22.8 Å². The second-order valence-electron chi connectivity index (χ2n) is 5.48. The van der Waals surface area contributed by atoms with E-state index in [1.807, 2.05) is 0 Å². The van der Waals surface area contributed by atoms with E-state index in [2.05, 4.69) is 48.9 Å². The summed E-state index contributed by atoms with van der Waals surface area (Å²) in [5.74, 6) is 0. The molecule has 3 nitrogen and oxygen atoms in total. The third kappa shape index (κ3) is 3.31. The number of rotatable bonds is 3. The molecule has 1 aromatic rings. The van der Waals surface area contributed by atoms with E-state index in [1.54, 1.807) is 0 Å². The van der Waals surface area contributed by atoms with Crippen LogP contribution in [0.2, 0.25) is 0 Å². The molecule has 100 valence electrons. The van der Waals surface area contributed by atoms with E-state index >= 15 is 0 Å². The molecule has 1 aromatic carbocycles. The van der Waals surface area contributed by atoms with E-state index in [0.717, 1.165) is 38.3 Å². The Morgan fingerprint density at radius 2 is 1.83 bits per heavy atom. The van der Waals surface area contributed by atoms with Crippen molar-refractivity contribution in [2.45, 2.75) is 20.0 Å². The van der Waals surface area contributed by atoms with Gasteiger partial charge in [-0.25, -0.2) is 0 Å². The summed E-state index contributed by atoms with van der Waals surface area (Å²) in [6, 6.07) is 6.28. The van der Waals surface area contributed by atoms with Gasteiger partial charge < -0.3 is 10.0 Å². The van der Waals surface area contributed by atoms with Gasteiger partial charge in [0, 0.05) is 32.7 Å². The molecule has 3 heteroatoms. The predicted octanol–water partition coefficient (Wildman–Crippen LogP) is 1.58. The molecule has 1 fully saturated rings. The molecule has 0 spiro atoms. The molecule has 1 atom stereocenters. The summed E-state index contributed by atoms with van der Waals surface area (Å²) in [5, 5.41) is 10.4. The van der Waals surface area contributed by atoms with Crippen LogP contribution in [-0.2, 0) is 0 Å². The number of hydrogen-bond donors (Lipinski definition) is 1. The molecule has 1 aliphatic heterocycles. The normalized spacial score (nSPS) is 20.0. The maximum Gasteiger partial charge on any atom is 0.0919 e. The molecule has 1 unspecified atom stereocenters.